The van der Waals surface area contributed by atoms with Gasteiger partial charge in [-0.05, 0) is 25.8 Å². The molecule has 1 aliphatic rings. The minimum Gasteiger partial charge on any atom is -0.356 e. The van der Waals surface area contributed by atoms with E-state index in [0.29, 0.717) is 13.0 Å². The van der Waals surface area contributed by atoms with E-state index in [2.05, 4.69) is 5.32 Å². The topological polar surface area (TPSA) is 64.6 Å². The zero-order valence-corrected chi connectivity index (χ0v) is 13.1. The predicted molar refractivity (Wildman–Crippen MR) is 82.3 cm³/mol. The normalized spacial score (nSPS) is 23.7. The summed E-state index contributed by atoms with van der Waals surface area (Å²) < 4.78 is 11.2. The first-order valence-electron chi connectivity index (χ1n) is 7.60. The van der Waals surface area contributed by atoms with E-state index in [1.54, 1.807) is 13.8 Å². The molecule has 1 fully saturated rings. The number of rotatable bonds is 6. The summed E-state index contributed by atoms with van der Waals surface area (Å²) in [4.78, 5) is 22.9. The van der Waals surface area contributed by atoms with Crippen LogP contribution in [0.4, 0.5) is 0 Å². The van der Waals surface area contributed by atoms with E-state index in [-0.39, 0.29) is 18.4 Å². The molecule has 0 aliphatic carbocycles. The Hall–Kier alpha value is -1.72. The van der Waals surface area contributed by atoms with Gasteiger partial charge in [0.25, 0.3) is 0 Å². The Kier molecular flexibility index (Phi) is 5.69. The fraction of sp³-hybridized carbons (Fsp3) is 0.529. The smallest absolute Gasteiger partial charge is 0.222 e. The van der Waals surface area contributed by atoms with E-state index in [1.165, 1.54) is 5.56 Å². The van der Waals surface area contributed by atoms with E-state index in [9.17, 15) is 9.59 Å². The number of hydrogen-bond donors (Lipinski definition) is 1. The average Bonchev–Trinajstić information content (AvgIpc) is 2.46. The van der Waals surface area contributed by atoms with Crippen molar-refractivity contribution in [3.63, 3.8) is 0 Å². The molecule has 0 radical (unpaired) electrons. The third-order valence-corrected chi connectivity index (χ3v) is 3.52. The van der Waals surface area contributed by atoms with Gasteiger partial charge in [0.05, 0.1) is 12.5 Å². The maximum atomic E-state index is 12.0. The molecule has 1 aromatic carbocycles. The van der Waals surface area contributed by atoms with Gasteiger partial charge in [0.15, 0.2) is 5.79 Å². The molecule has 2 rings (SSSR count). The zero-order chi connectivity index (χ0) is 16.0. The first-order valence-corrected chi connectivity index (χ1v) is 7.60. The second-order valence-corrected chi connectivity index (χ2v) is 5.96. The van der Waals surface area contributed by atoms with E-state index < -0.39 is 11.9 Å². The van der Waals surface area contributed by atoms with Crippen LogP contribution in [0.15, 0.2) is 30.3 Å². The molecule has 5 heteroatoms. The molecule has 1 aliphatic heterocycles. The molecule has 5 nitrogen and oxygen atoms in total. The van der Waals surface area contributed by atoms with E-state index in [0.717, 1.165) is 12.7 Å². The first-order chi connectivity index (χ1) is 10.5. The van der Waals surface area contributed by atoms with Gasteiger partial charge in [-0.2, -0.15) is 0 Å². The fourth-order valence-electron chi connectivity index (χ4n) is 2.63. The first kappa shape index (κ1) is 16.6. The second kappa shape index (κ2) is 7.51. The van der Waals surface area contributed by atoms with Crippen molar-refractivity contribution in [1.29, 1.82) is 0 Å². The molecule has 1 aromatic rings. The van der Waals surface area contributed by atoms with Gasteiger partial charge in [-0.25, -0.2) is 0 Å². The number of aldehydes is 1. The van der Waals surface area contributed by atoms with Gasteiger partial charge in [0.2, 0.25) is 5.91 Å². The summed E-state index contributed by atoms with van der Waals surface area (Å²) in [7, 11) is 0. The van der Waals surface area contributed by atoms with Crippen molar-refractivity contribution in [2.45, 2.75) is 51.1 Å². The van der Waals surface area contributed by atoms with Gasteiger partial charge in [0.1, 0.15) is 12.4 Å². The Balaban J connectivity index is 1.75. The van der Waals surface area contributed by atoms with Crippen LogP contribution in [0, 0.1) is 0 Å². The number of amides is 1. The van der Waals surface area contributed by atoms with Crippen LogP contribution in [0.5, 0.6) is 0 Å². The summed E-state index contributed by atoms with van der Waals surface area (Å²) in [6.45, 7) is 4.10. The van der Waals surface area contributed by atoms with Crippen LogP contribution in [0.1, 0.15) is 32.3 Å². The van der Waals surface area contributed by atoms with E-state index in [1.807, 2.05) is 30.3 Å². The number of nitrogens with one attached hydrogen (secondary N) is 1. The lowest BCUT2D eigenvalue weighted by Crippen LogP contribution is -2.46. The van der Waals surface area contributed by atoms with Crippen molar-refractivity contribution in [1.82, 2.24) is 5.32 Å². The Bertz CT molecular complexity index is 501. The average molecular weight is 305 g/mol. The summed E-state index contributed by atoms with van der Waals surface area (Å²) in [6.07, 6.45) is 1.42. The van der Waals surface area contributed by atoms with Crippen LogP contribution in [0.3, 0.4) is 0 Å². The minimum atomic E-state index is -0.835. The Morgan fingerprint density at radius 1 is 1.32 bits per heavy atom. The quantitative estimate of drug-likeness (QED) is 0.815. The Morgan fingerprint density at radius 3 is 2.73 bits per heavy atom. The lowest BCUT2D eigenvalue weighted by atomic mass is 10.1. The number of benzene rings is 1. The molecule has 120 valence electrons. The fourth-order valence-corrected chi connectivity index (χ4v) is 2.63. The summed E-state index contributed by atoms with van der Waals surface area (Å²) in [5.74, 6) is -0.901. The second-order valence-electron chi connectivity index (χ2n) is 5.96. The van der Waals surface area contributed by atoms with Crippen molar-refractivity contribution in [2.75, 3.05) is 6.54 Å². The molecule has 0 bridgehead atoms. The predicted octanol–water partition coefficient (Wildman–Crippen LogP) is 1.84. The Labute approximate surface area is 131 Å². The van der Waals surface area contributed by atoms with Gasteiger partial charge in [-0.15, -0.1) is 0 Å². The molecule has 0 saturated carbocycles. The molecule has 1 heterocycles. The highest BCUT2D eigenvalue weighted by Gasteiger charge is 2.36. The van der Waals surface area contributed by atoms with Crippen molar-refractivity contribution in [3.05, 3.63) is 35.9 Å². The molecule has 2 unspecified atom stereocenters. The van der Waals surface area contributed by atoms with Crippen LogP contribution in [-0.4, -0.2) is 36.7 Å². The Morgan fingerprint density at radius 2 is 2.05 bits per heavy atom. The van der Waals surface area contributed by atoms with Crippen LogP contribution >= 0.6 is 0 Å². The molecule has 1 amide bonds. The van der Waals surface area contributed by atoms with Gasteiger partial charge >= 0.3 is 0 Å². The summed E-state index contributed by atoms with van der Waals surface area (Å²) >= 11 is 0. The number of ether oxygens (including phenoxy) is 2. The van der Waals surface area contributed by atoms with Crippen molar-refractivity contribution in [2.24, 2.45) is 0 Å². The molecule has 0 aromatic heterocycles. The molecule has 22 heavy (non-hydrogen) atoms. The monoisotopic (exact) mass is 305 g/mol. The van der Waals surface area contributed by atoms with Gasteiger partial charge < -0.3 is 19.6 Å². The SMILES string of the molecule is CC1(C)OC(C=O)CC(CC(=O)NCCc2ccccc2)O1. The lowest BCUT2D eigenvalue weighted by molar-refractivity contribution is -0.290. The number of carbonyl (C=O) groups excluding carboxylic acids is 2. The highest BCUT2D eigenvalue weighted by molar-refractivity contribution is 5.76. The van der Waals surface area contributed by atoms with Gasteiger partial charge in [-0.1, -0.05) is 30.3 Å². The highest BCUT2D eigenvalue weighted by Crippen LogP contribution is 2.27. The number of carbonyl (C=O) groups is 2. The lowest BCUT2D eigenvalue weighted by Gasteiger charge is -2.38. The standard InChI is InChI=1S/C17H23NO4/c1-17(2)21-14(10-15(12-19)22-17)11-16(20)18-9-8-13-6-4-3-5-7-13/h3-7,12,14-15H,8-11H2,1-2H3,(H,18,20). The summed E-state index contributed by atoms with van der Waals surface area (Å²) in [5.41, 5.74) is 1.19. The highest BCUT2D eigenvalue weighted by atomic mass is 16.7. The van der Waals surface area contributed by atoms with Gasteiger partial charge in [0, 0.05) is 13.0 Å². The zero-order valence-electron chi connectivity index (χ0n) is 13.1. The third kappa shape index (κ3) is 5.24. The van der Waals surface area contributed by atoms with Gasteiger partial charge in [-0.3, -0.25) is 4.79 Å². The molecule has 1 N–H and O–H groups in total. The third-order valence-electron chi connectivity index (χ3n) is 3.52. The van der Waals surface area contributed by atoms with Crippen LogP contribution in [0.2, 0.25) is 0 Å². The largest absolute Gasteiger partial charge is 0.356 e. The molecule has 1 saturated heterocycles. The van der Waals surface area contributed by atoms with E-state index in [4.69, 9.17) is 9.47 Å². The van der Waals surface area contributed by atoms with Crippen molar-refractivity contribution in [3.8, 4) is 0 Å². The summed E-state index contributed by atoms with van der Waals surface area (Å²) in [5, 5.41) is 2.89. The number of hydrogen-bond acceptors (Lipinski definition) is 4. The van der Waals surface area contributed by atoms with Crippen molar-refractivity contribution >= 4 is 12.2 Å². The molecule has 2 atom stereocenters. The van der Waals surface area contributed by atoms with Crippen LogP contribution in [0.25, 0.3) is 0 Å². The maximum Gasteiger partial charge on any atom is 0.222 e. The molecular formula is C17H23NO4. The summed E-state index contributed by atoms with van der Waals surface area (Å²) in [6, 6.07) is 10.00. The molecular weight excluding hydrogens is 282 g/mol. The van der Waals surface area contributed by atoms with Crippen LogP contribution in [-0.2, 0) is 25.5 Å². The maximum absolute atomic E-state index is 12.0. The van der Waals surface area contributed by atoms with Crippen LogP contribution < -0.4 is 5.32 Å². The molecule has 0 spiro atoms. The minimum absolute atomic E-state index is 0.0664. The van der Waals surface area contributed by atoms with E-state index >= 15 is 0 Å². The van der Waals surface area contributed by atoms with Crippen molar-refractivity contribution < 1.29 is 19.1 Å².